The van der Waals surface area contributed by atoms with Crippen molar-refractivity contribution < 1.29 is 9.47 Å². The summed E-state index contributed by atoms with van der Waals surface area (Å²) < 4.78 is 11.4. The first kappa shape index (κ1) is 8.52. The molecule has 1 aliphatic heterocycles. The third-order valence-electron chi connectivity index (χ3n) is 2.75. The van der Waals surface area contributed by atoms with E-state index in [-0.39, 0.29) is 11.7 Å². The molecule has 1 heterocycles. The summed E-state index contributed by atoms with van der Waals surface area (Å²) in [5.41, 5.74) is 0.554. The van der Waals surface area contributed by atoms with Crippen LogP contribution in [0.1, 0.15) is 33.6 Å². The van der Waals surface area contributed by atoms with Crippen LogP contribution in [0, 0.1) is 10.8 Å². The lowest BCUT2D eigenvalue weighted by molar-refractivity contribution is -0.247. The lowest BCUT2D eigenvalue weighted by Crippen LogP contribution is -2.40. The predicted octanol–water partition coefficient (Wildman–Crippen LogP) is 2.19. The molecule has 0 N–H and O–H groups in total. The van der Waals surface area contributed by atoms with Gasteiger partial charge in [0, 0.05) is 10.8 Å². The summed E-state index contributed by atoms with van der Waals surface area (Å²) in [5.74, 6) is 0. The average Bonchev–Trinajstić information content (AvgIpc) is 2.68. The lowest BCUT2D eigenvalue weighted by atomic mass is 9.95. The SMILES string of the molecule is CC(C)(C)C1OCC2(CC2)CO1. The van der Waals surface area contributed by atoms with E-state index < -0.39 is 0 Å². The Hall–Kier alpha value is -0.0800. The molecule has 2 rings (SSSR count). The monoisotopic (exact) mass is 170 g/mol. The molecular formula is C10H18O2. The van der Waals surface area contributed by atoms with Crippen LogP contribution in [-0.4, -0.2) is 19.5 Å². The molecule has 12 heavy (non-hydrogen) atoms. The smallest absolute Gasteiger partial charge is 0.162 e. The zero-order valence-electron chi connectivity index (χ0n) is 8.22. The quantitative estimate of drug-likeness (QED) is 0.555. The molecule has 1 aliphatic carbocycles. The van der Waals surface area contributed by atoms with E-state index in [1.54, 1.807) is 0 Å². The molecule has 2 heteroatoms. The standard InChI is InChI=1S/C10H18O2/c1-9(2,3)8-11-6-10(4-5-10)7-12-8/h8H,4-7H2,1-3H3. The van der Waals surface area contributed by atoms with Crippen molar-refractivity contribution in [1.29, 1.82) is 0 Å². The summed E-state index contributed by atoms with van der Waals surface area (Å²) in [6, 6.07) is 0. The minimum absolute atomic E-state index is 0.00345. The van der Waals surface area contributed by atoms with Crippen LogP contribution in [0.15, 0.2) is 0 Å². The minimum atomic E-state index is 0.00345. The number of ether oxygens (including phenoxy) is 2. The highest BCUT2D eigenvalue weighted by Crippen LogP contribution is 2.49. The largest absolute Gasteiger partial charge is 0.351 e. The second kappa shape index (κ2) is 2.46. The molecule has 0 aromatic carbocycles. The highest BCUT2D eigenvalue weighted by Gasteiger charge is 2.48. The molecule has 0 bridgehead atoms. The highest BCUT2D eigenvalue weighted by atomic mass is 16.7. The zero-order chi connectivity index (χ0) is 8.82. The van der Waals surface area contributed by atoms with Crippen LogP contribution in [0.4, 0.5) is 0 Å². The van der Waals surface area contributed by atoms with Crippen LogP contribution in [0.2, 0.25) is 0 Å². The summed E-state index contributed by atoms with van der Waals surface area (Å²) in [7, 11) is 0. The van der Waals surface area contributed by atoms with Gasteiger partial charge in [-0.3, -0.25) is 0 Å². The third-order valence-corrected chi connectivity index (χ3v) is 2.75. The average molecular weight is 170 g/mol. The summed E-state index contributed by atoms with van der Waals surface area (Å²) in [4.78, 5) is 0. The van der Waals surface area contributed by atoms with Crippen LogP contribution >= 0.6 is 0 Å². The Morgan fingerprint density at radius 1 is 1.08 bits per heavy atom. The second-order valence-electron chi connectivity index (χ2n) is 5.32. The van der Waals surface area contributed by atoms with Gasteiger partial charge in [-0.1, -0.05) is 20.8 Å². The van der Waals surface area contributed by atoms with E-state index in [1.165, 1.54) is 12.8 Å². The van der Waals surface area contributed by atoms with E-state index in [1.807, 2.05) is 0 Å². The first-order valence-electron chi connectivity index (χ1n) is 4.75. The van der Waals surface area contributed by atoms with Crippen molar-refractivity contribution in [3.05, 3.63) is 0 Å². The van der Waals surface area contributed by atoms with E-state index in [2.05, 4.69) is 20.8 Å². The molecule has 2 aliphatic rings. The molecule has 1 saturated heterocycles. The molecule has 1 spiro atoms. The molecule has 1 saturated carbocycles. The first-order valence-corrected chi connectivity index (χ1v) is 4.75. The van der Waals surface area contributed by atoms with E-state index in [9.17, 15) is 0 Å². The van der Waals surface area contributed by atoms with E-state index in [0.717, 1.165) is 13.2 Å². The molecule has 0 amide bonds. The van der Waals surface area contributed by atoms with E-state index in [0.29, 0.717) is 5.41 Å². The molecule has 2 nitrogen and oxygen atoms in total. The van der Waals surface area contributed by atoms with Gasteiger partial charge in [0.1, 0.15) is 0 Å². The Labute approximate surface area is 74.2 Å². The predicted molar refractivity (Wildman–Crippen MR) is 46.8 cm³/mol. The van der Waals surface area contributed by atoms with Crippen molar-refractivity contribution in [3.63, 3.8) is 0 Å². The number of hydrogen-bond donors (Lipinski definition) is 0. The molecule has 70 valence electrons. The first-order chi connectivity index (χ1) is 5.52. The van der Waals surface area contributed by atoms with Gasteiger partial charge < -0.3 is 9.47 Å². The molecular weight excluding hydrogens is 152 g/mol. The Balaban J connectivity index is 1.90. The van der Waals surface area contributed by atoms with E-state index in [4.69, 9.17) is 9.47 Å². The van der Waals surface area contributed by atoms with Crippen molar-refractivity contribution in [3.8, 4) is 0 Å². The molecule has 0 unspecified atom stereocenters. The van der Waals surface area contributed by atoms with Gasteiger partial charge in [0.2, 0.25) is 0 Å². The van der Waals surface area contributed by atoms with Gasteiger partial charge in [-0.15, -0.1) is 0 Å². The van der Waals surface area contributed by atoms with Gasteiger partial charge in [-0.05, 0) is 12.8 Å². The van der Waals surface area contributed by atoms with Gasteiger partial charge in [0.15, 0.2) is 6.29 Å². The maximum Gasteiger partial charge on any atom is 0.162 e. The lowest BCUT2D eigenvalue weighted by Gasteiger charge is -2.37. The number of rotatable bonds is 0. The summed E-state index contributed by atoms with van der Waals surface area (Å²) in [6.45, 7) is 8.29. The number of hydrogen-bond acceptors (Lipinski definition) is 2. The third kappa shape index (κ3) is 1.50. The van der Waals surface area contributed by atoms with Crippen LogP contribution in [0.3, 0.4) is 0 Å². The molecule has 0 radical (unpaired) electrons. The van der Waals surface area contributed by atoms with Crippen LogP contribution < -0.4 is 0 Å². The van der Waals surface area contributed by atoms with Crippen molar-refractivity contribution in [2.45, 2.75) is 39.9 Å². The fourth-order valence-electron chi connectivity index (χ4n) is 1.56. The second-order valence-corrected chi connectivity index (χ2v) is 5.32. The normalized spacial score (nSPS) is 29.2. The summed E-state index contributed by atoms with van der Waals surface area (Å²) in [6.07, 6.45) is 2.59. The molecule has 0 aromatic heterocycles. The molecule has 0 atom stereocenters. The van der Waals surface area contributed by atoms with Gasteiger partial charge in [-0.25, -0.2) is 0 Å². The van der Waals surface area contributed by atoms with Crippen LogP contribution in [0.25, 0.3) is 0 Å². The van der Waals surface area contributed by atoms with Gasteiger partial charge in [-0.2, -0.15) is 0 Å². The van der Waals surface area contributed by atoms with Gasteiger partial charge in [0.05, 0.1) is 13.2 Å². The van der Waals surface area contributed by atoms with Gasteiger partial charge >= 0.3 is 0 Å². The maximum atomic E-state index is 5.70. The Kier molecular flexibility index (Phi) is 1.74. The molecule has 0 aromatic rings. The fourth-order valence-corrected chi connectivity index (χ4v) is 1.56. The summed E-state index contributed by atoms with van der Waals surface area (Å²) >= 11 is 0. The van der Waals surface area contributed by atoms with Crippen molar-refractivity contribution >= 4 is 0 Å². The Morgan fingerprint density at radius 3 is 1.92 bits per heavy atom. The Morgan fingerprint density at radius 2 is 1.58 bits per heavy atom. The van der Waals surface area contributed by atoms with Crippen molar-refractivity contribution in [2.24, 2.45) is 10.8 Å². The Bertz CT molecular complexity index is 167. The highest BCUT2D eigenvalue weighted by molar-refractivity contribution is 4.95. The zero-order valence-corrected chi connectivity index (χ0v) is 8.22. The van der Waals surface area contributed by atoms with Crippen molar-refractivity contribution in [2.75, 3.05) is 13.2 Å². The van der Waals surface area contributed by atoms with E-state index >= 15 is 0 Å². The minimum Gasteiger partial charge on any atom is -0.351 e. The van der Waals surface area contributed by atoms with Gasteiger partial charge in [0.25, 0.3) is 0 Å². The topological polar surface area (TPSA) is 18.5 Å². The van der Waals surface area contributed by atoms with Crippen LogP contribution in [-0.2, 0) is 9.47 Å². The molecule has 2 fully saturated rings. The van der Waals surface area contributed by atoms with Crippen LogP contribution in [0.5, 0.6) is 0 Å². The maximum absolute atomic E-state index is 5.70. The fraction of sp³-hybridized carbons (Fsp3) is 1.00. The van der Waals surface area contributed by atoms with Crippen molar-refractivity contribution in [1.82, 2.24) is 0 Å². The summed E-state index contributed by atoms with van der Waals surface area (Å²) in [5, 5.41) is 0.